The maximum atomic E-state index is 12.9. The van der Waals surface area contributed by atoms with E-state index in [1.54, 1.807) is 40.2 Å². The molecule has 6 nitrogen and oxygen atoms in total. The quantitative estimate of drug-likeness (QED) is 0.573. The van der Waals surface area contributed by atoms with Gasteiger partial charge in [-0.2, -0.15) is 0 Å². The van der Waals surface area contributed by atoms with E-state index in [2.05, 4.69) is 15.9 Å². The van der Waals surface area contributed by atoms with Crippen LogP contribution in [-0.2, 0) is 11.3 Å². The van der Waals surface area contributed by atoms with E-state index in [4.69, 9.17) is 18.9 Å². The van der Waals surface area contributed by atoms with Gasteiger partial charge in [0.15, 0.2) is 11.5 Å². The summed E-state index contributed by atoms with van der Waals surface area (Å²) in [6, 6.07) is 9.48. The lowest BCUT2D eigenvalue weighted by molar-refractivity contribution is -0.132. The molecule has 2 aromatic rings. The zero-order chi connectivity index (χ0) is 21.0. The fourth-order valence-electron chi connectivity index (χ4n) is 3.26. The summed E-state index contributed by atoms with van der Waals surface area (Å²) in [5.74, 6) is 3.53. The van der Waals surface area contributed by atoms with Gasteiger partial charge < -0.3 is 23.8 Å². The van der Waals surface area contributed by atoms with Crippen molar-refractivity contribution in [1.82, 2.24) is 4.90 Å². The molecule has 1 unspecified atom stereocenters. The number of benzene rings is 2. The average Bonchev–Trinajstić information content (AvgIpc) is 2.74. The highest BCUT2D eigenvalue weighted by Gasteiger charge is 2.32. The molecule has 0 saturated carbocycles. The minimum Gasteiger partial charge on any atom is -0.497 e. The fourth-order valence-corrected chi connectivity index (χ4v) is 5.22. The molecule has 29 heavy (non-hydrogen) atoms. The summed E-state index contributed by atoms with van der Waals surface area (Å²) in [6.45, 7) is 0.449. The molecule has 1 amide bonds. The van der Waals surface area contributed by atoms with Crippen LogP contribution in [0.25, 0.3) is 0 Å². The van der Waals surface area contributed by atoms with E-state index in [0.717, 1.165) is 21.4 Å². The molecule has 1 fully saturated rings. The summed E-state index contributed by atoms with van der Waals surface area (Å²) >= 11 is 5.37. The van der Waals surface area contributed by atoms with Crippen LogP contribution in [0, 0.1) is 0 Å². The van der Waals surface area contributed by atoms with Gasteiger partial charge in [-0.15, -0.1) is 11.8 Å². The van der Waals surface area contributed by atoms with E-state index in [0.29, 0.717) is 36.0 Å². The van der Waals surface area contributed by atoms with Gasteiger partial charge in [0, 0.05) is 34.8 Å². The first kappa shape index (κ1) is 21.6. The van der Waals surface area contributed by atoms with Crippen LogP contribution in [0.1, 0.15) is 22.9 Å². The Morgan fingerprint density at radius 2 is 1.59 bits per heavy atom. The van der Waals surface area contributed by atoms with Crippen molar-refractivity contribution in [3.8, 4) is 23.0 Å². The van der Waals surface area contributed by atoms with E-state index in [-0.39, 0.29) is 11.3 Å². The normalized spacial score (nSPS) is 16.5. The Balaban J connectivity index is 1.98. The molecule has 0 radical (unpaired) electrons. The Bertz CT molecular complexity index is 869. The van der Waals surface area contributed by atoms with Crippen LogP contribution >= 0.6 is 27.7 Å². The molecule has 0 N–H and O–H groups in total. The summed E-state index contributed by atoms with van der Waals surface area (Å²) in [6.07, 6.45) is 0.507. The van der Waals surface area contributed by atoms with Crippen LogP contribution in [0.2, 0.25) is 0 Å². The third-order valence-corrected chi connectivity index (χ3v) is 6.68. The summed E-state index contributed by atoms with van der Waals surface area (Å²) < 4.78 is 22.5. The van der Waals surface area contributed by atoms with Crippen molar-refractivity contribution in [1.29, 1.82) is 0 Å². The Hall–Kier alpha value is -2.06. The Kier molecular flexibility index (Phi) is 7.18. The zero-order valence-electron chi connectivity index (χ0n) is 16.9. The Labute approximate surface area is 183 Å². The molecule has 1 saturated heterocycles. The monoisotopic (exact) mass is 481 g/mol. The summed E-state index contributed by atoms with van der Waals surface area (Å²) in [7, 11) is 6.44. The molecule has 1 atom stereocenters. The second-order valence-electron chi connectivity index (χ2n) is 6.44. The van der Waals surface area contributed by atoms with Crippen molar-refractivity contribution >= 4 is 33.6 Å². The summed E-state index contributed by atoms with van der Waals surface area (Å²) in [4.78, 5) is 14.7. The number of carbonyl (C=O) groups is 1. The largest absolute Gasteiger partial charge is 0.497 e. The number of hydrogen-bond donors (Lipinski definition) is 0. The molecule has 1 heterocycles. The van der Waals surface area contributed by atoms with Crippen molar-refractivity contribution in [3.05, 3.63) is 45.9 Å². The highest BCUT2D eigenvalue weighted by molar-refractivity contribution is 9.10. The maximum Gasteiger partial charge on any atom is 0.224 e. The summed E-state index contributed by atoms with van der Waals surface area (Å²) in [5, 5.41) is -0.150. The molecular weight excluding hydrogens is 458 g/mol. The average molecular weight is 482 g/mol. The van der Waals surface area contributed by atoms with E-state index in [1.165, 1.54) is 0 Å². The minimum absolute atomic E-state index is 0.109. The van der Waals surface area contributed by atoms with Gasteiger partial charge in [-0.25, -0.2) is 0 Å². The SMILES string of the molecule is COc1cc(CN2C(=O)CCSC2c2cc(OC)c(OC)cc2Br)cc(OC)c1. The molecule has 1 aliphatic heterocycles. The second kappa shape index (κ2) is 9.63. The standard InChI is InChI=1S/C21H24BrNO5S/c1-25-14-7-13(8-15(9-14)26-2)12-23-20(24)5-6-29-21(23)16-10-18(27-3)19(28-4)11-17(16)22/h7-11,21H,5-6,12H2,1-4H3. The first-order chi connectivity index (χ1) is 14.0. The molecule has 3 rings (SSSR count). The minimum atomic E-state index is -0.150. The van der Waals surface area contributed by atoms with Gasteiger partial charge in [-0.3, -0.25) is 4.79 Å². The number of thioether (sulfide) groups is 1. The van der Waals surface area contributed by atoms with E-state index >= 15 is 0 Å². The van der Waals surface area contributed by atoms with Gasteiger partial charge in [0.05, 0.1) is 28.4 Å². The number of halogens is 1. The lowest BCUT2D eigenvalue weighted by Crippen LogP contribution is -2.36. The van der Waals surface area contributed by atoms with Crippen molar-refractivity contribution in [3.63, 3.8) is 0 Å². The van der Waals surface area contributed by atoms with Crippen LogP contribution in [-0.4, -0.2) is 45.0 Å². The summed E-state index contributed by atoms with van der Waals surface area (Å²) in [5.41, 5.74) is 1.91. The van der Waals surface area contributed by atoms with Crippen LogP contribution < -0.4 is 18.9 Å². The van der Waals surface area contributed by atoms with Gasteiger partial charge in [0.25, 0.3) is 0 Å². The number of methoxy groups -OCH3 is 4. The van der Waals surface area contributed by atoms with Gasteiger partial charge in [-0.05, 0) is 29.8 Å². The highest BCUT2D eigenvalue weighted by atomic mass is 79.9. The van der Waals surface area contributed by atoms with Crippen molar-refractivity contribution < 1.29 is 23.7 Å². The van der Waals surface area contributed by atoms with Gasteiger partial charge in [0.2, 0.25) is 5.91 Å². The number of hydrogen-bond acceptors (Lipinski definition) is 6. The predicted octanol–water partition coefficient (Wildman–Crippen LogP) is 4.65. The molecule has 0 aliphatic carbocycles. The van der Waals surface area contributed by atoms with Gasteiger partial charge in [-0.1, -0.05) is 15.9 Å². The highest BCUT2D eigenvalue weighted by Crippen LogP contribution is 2.45. The van der Waals surface area contributed by atoms with Crippen LogP contribution in [0.5, 0.6) is 23.0 Å². The molecule has 8 heteroatoms. The lowest BCUT2D eigenvalue weighted by atomic mass is 10.1. The molecule has 2 aromatic carbocycles. The Morgan fingerprint density at radius 3 is 2.17 bits per heavy atom. The molecule has 1 aliphatic rings. The number of nitrogens with zero attached hydrogens (tertiary/aromatic N) is 1. The van der Waals surface area contributed by atoms with E-state index in [1.807, 2.05) is 35.2 Å². The first-order valence-electron chi connectivity index (χ1n) is 9.05. The van der Waals surface area contributed by atoms with Crippen molar-refractivity contribution in [2.24, 2.45) is 0 Å². The number of carbonyl (C=O) groups excluding carboxylic acids is 1. The molecule has 156 valence electrons. The third-order valence-electron chi connectivity index (χ3n) is 4.73. The van der Waals surface area contributed by atoms with Gasteiger partial charge >= 0.3 is 0 Å². The lowest BCUT2D eigenvalue weighted by Gasteiger charge is -2.36. The third kappa shape index (κ3) is 4.75. The molecule has 0 aromatic heterocycles. The van der Waals surface area contributed by atoms with Crippen LogP contribution in [0.4, 0.5) is 0 Å². The van der Waals surface area contributed by atoms with Crippen LogP contribution in [0.15, 0.2) is 34.8 Å². The topological polar surface area (TPSA) is 57.2 Å². The van der Waals surface area contributed by atoms with Crippen molar-refractivity contribution in [2.45, 2.75) is 18.3 Å². The smallest absolute Gasteiger partial charge is 0.224 e. The number of ether oxygens (including phenoxy) is 4. The maximum absolute atomic E-state index is 12.9. The van der Waals surface area contributed by atoms with E-state index in [9.17, 15) is 4.79 Å². The van der Waals surface area contributed by atoms with Gasteiger partial charge in [0.1, 0.15) is 16.9 Å². The number of amides is 1. The number of rotatable bonds is 7. The van der Waals surface area contributed by atoms with E-state index < -0.39 is 0 Å². The first-order valence-corrected chi connectivity index (χ1v) is 10.9. The zero-order valence-corrected chi connectivity index (χ0v) is 19.3. The van der Waals surface area contributed by atoms with Crippen LogP contribution in [0.3, 0.4) is 0 Å². The van der Waals surface area contributed by atoms with Crippen molar-refractivity contribution in [2.75, 3.05) is 34.2 Å². The predicted molar refractivity (Wildman–Crippen MR) is 117 cm³/mol. The fraction of sp³-hybridized carbons (Fsp3) is 0.381. The molecule has 0 bridgehead atoms. The Morgan fingerprint density at radius 1 is 0.966 bits per heavy atom. The molecule has 0 spiro atoms. The molecular formula is C21H24BrNO5S. The second-order valence-corrected chi connectivity index (χ2v) is 8.49.